The largest absolute Gasteiger partial charge is 0.368 e. The second kappa shape index (κ2) is 6.49. The molecule has 0 unspecified atom stereocenters. The number of anilines is 1. The van der Waals surface area contributed by atoms with E-state index in [1.165, 1.54) is 5.56 Å². The van der Waals surface area contributed by atoms with Crippen molar-refractivity contribution < 1.29 is 0 Å². The third kappa shape index (κ3) is 3.16. The molecule has 1 saturated heterocycles. The predicted molar refractivity (Wildman–Crippen MR) is 94.2 cm³/mol. The molecule has 126 valence electrons. The lowest BCUT2D eigenvalue weighted by Gasteiger charge is -2.35. The molecule has 0 radical (unpaired) electrons. The van der Waals surface area contributed by atoms with Crippen molar-refractivity contribution in [3.63, 3.8) is 0 Å². The second-order valence-electron chi connectivity index (χ2n) is 6.31. The molecule has 7 heteroatoms. The normalized spacial score (nSPS) is 15.4. The number of nitrogens with zero attached hydrogens (tertiary/aromatic N) is 7. The van der Waals surface area contributed by atoms with Gasteiger partial charge in [0.05, 0.1) is 23.5 Å². The lowest BCUT2D eigenvalue weighted by molar-refractivity contribution is 0.250. The van der Waals surface area contributed by atoms with Crippen molar-refractivity contribution in [3.05, 3.63) is 53.5 Å². The highest BCUT2D eigenvalue weighted by Crippen LogP contribution is 2.18. The summed E-state index contributed by atoms with van der Waals surface area (Å²) in [7, 11) is 0. The Hall–Kier alpha value is -2.98. The van der Waals surface area contributed by atoms with Crippen LogP contribution in [-0.4, -0.2) is 50.9 Å². The molecular weight excluding hydrogens is 314 g/mol. The van der Waals surface area contributed by atoms with Crippen molar-refractivity contribution in [2.24, 2.45) is 0 Å². The van der Waals surface area contributed by atoms with Gasteiger partial charge in [0, 0.05) is 38.8 Å². The van der Waals surface area contributed by atoms with Crippen LogP contribution in [-0.2, 0) is 6.54 Å². The molecule has 0 saturated carbocycles. The summed E-state index contributed by atoms with van der Waals surface area (Å²) in [6.45, 7) is 6.63. The van der Waals surface area contributed by atoms with Crippen LogP contribution in [0.15, 0.2) is 36.5 Å². The average Bonchev–Trinajstić information content (AvgIpc) is 3.03. The van der Waals surface area contributed by atoms with Gasteiger partial charge in [-0.05, 0) is 24.6 Å². The number of nitriles is 1. The van der Waals surface area contributed by atoms with Gasteiger partial charge in [0.15, 0.2) is 11.5 Å². The average molecular weight is 333 g/mol. The van der Waals surface area contributed by atoms with Crippen molar-refractivity contribution in [2.45, 2.75) is 13.5 Å². The van der Waals surface area contributed by atoms with Gasteiger partial charge in [0.1, 0.15) is 0 Å². The smallest absolute Gasteiger partial charge is 0.179 e. The third-order valence-electron chi connectivity index (χ3n) is 4.60. The summed E-state index contributed by atoms with van der Waals surface area (Å²) in [5.41, 5.74) is 3.78. The summed E-state index contributed by atoms with van der Waals surface area (Å²) >= 11 is 0. The molecular formula is C18H19N7. The van der Waals surface area contributed by atoms with Crippen LogP contribution in [0.1, 0.15) is 17.0 Å². The van der Waals surface area contributed by atoms with Gasteiger partial charge in [-0.15, -0.1) is 10.2 Å². The van der Waals surface area contributed by atoms with Crippen molar-refractivity contribution >= 4 is 11.3 Å². The van der Waals surface area contributed by atoms with E-state index in [1.807, 2.05) is 37.4 Å². The first-order valence-corrected chi connectivity index (χ1v) is 8.37. The standard InChI is InChI=1S/C18H19N7/c1-14-21-22-18-10-17(12-20-25(14)18)24-7-5-23(6-8-24)13-16-4-2-3-15(9-16)11-19/h2-4,9-10,12H,5-8,13H2,1H3. The van der Waals surface area contributed by atoms with Gasteiger partial charge in [-0.1, -0.05) is 12.1 Å². The maximum absolute atomic E-state index is 9.02. The highest BCUT2D eigenvalue weighted by Gasteiger charge is 2.18. The summed E-state index contributed by atoms with van der Waals surface area (Å²) in [4.78, 5) is 4.75. The molecule has 0 bridgehead atoms. The van der Waals surface area contributed by atoms with E-state index < -0.39 is 0 Å². The van der Waals surface area contributed by atoms with Crippen LogP contribution in [0, 0.1) is 18.3 Å². The van der Waals surface area contributed by atoms with Gasteiger partial charge in [-0.3, -0.25) is 4.90 Å². The SMILES string of the molecule is Cc1nnc2cc(N3CCN(Cc4cccc(C#N)c4)CC3)cnn12. The van der Waals surface area contributed by atoms with E-state index in [2.05, 4.69) is 37.2 Å². The molecule has 3 aromatic rings. The van der Waals surface area contributed by atoms with E-state index in [0.717, 1.165) is 55.4 Å². The molecule has 0 aliphatic carbocycles. The zero-order chi connectivity index (χ0) is 17.2. The number of aryl methyl sites for hydroxylation is 1. The van der Waals surface area contributed by atoms with E-state index >= 15 is 0 Å². The topological polar surface area (TPSA) is 73.3 Å². The summed E-state index contributed by atoms with van der Waals surface area (Å²) in [6.07, 6.45) is 1.88. The Balaban J connectivity index is 1.41. The summed E-state index contributed by atoms with van der Waals surface area (Å²) in [6, 6.07) is 12.1. The Bertz CT molecular complexity index is 932. The molecule has 25 heavy (non-hydrogen) atoms. The lowest BCUT2D eigenvalue weighted by atomic mass is 10.1. The quantitative estimate of drug-likeness (QED) is 0.725. The molecule has 0 spiro atoms. The fourth-order valence-corrected chi connectivity index (χ4v) is 3.23. The first kappa shape index (κ1) is 15.5. The first-order valence-electron chi connectivity index (χ1n) is 8.37. The van der Waals surface area contributed by atoms with Crippen molar-refractivity contribution in [1.82, 2.24) is 24.7 Å². The Kier molecular flexibility index (Phi) is 4.04. The van der Waals surface area contributed by atoms with Crippen LogP contribution in [0.25, 0.3) is 5.65 Å². The van der Waals surface area contributed by atoms with E-state index in [1.54, 1.807) is 4.52 Å². The van der Waals surface area contributed by atoms with E-state index in [-0.39, 0.29) is 0 Å². The van der Waals surface area contributed by atoms with Crippen LogP contribution in [0.2, 0.25) is 0 Å². The second-order valence-corrected chi connectivity index (χ2v) is 6.31. The molecule has 7 nitrogen and oxygen atoms in total. The van der Waals surface area contributed by atoms with Crippen LogP contribution in [0.3, 0.4) is 0 Å². The Morgan fingerprint density at radius 2 is 1.96 bits per heavy atom. The number of fused-ring (bicyclic) bond motifs is 1. The molecule has 3 heterocycles. The molecule has 0 amide bonds. The van der Waals surface area contributed by atoms with Gasteiger partial charge in [0.2, 0.25) is 0 Å². The number of aromatic nitrogens is 4. The Morgan fingerprint density at radius 3 is 2.76 bits per heavy atom. The first-order chi connectivity index (χ1) is 12.2. The Labute approximate surface area is 146 Å². The van der Waals surface area contributed by atoms with Crippen molar-refractivity contribution in [3.8, 4) is 6.07 Å². The lowest BCUT2D eigenvalue weighted by Crippen LogP contribution is -2.46. The van der Waals surface area contributed by atoms with E-state index in [0.29, 0.717) is 0 Å². The molecule has 0 N–H and O–H groups in total. The highest BCUT2D eigenvalue weighted by atomic mass is 15.4. The molecule has 0 atom stereocenters. The summed E-state index contributed by atoms with van der Waals surface area (Å²) < 4.78 is 1.75. The summed E-state index contributed by atoms with van der Waals surface area (Å²) in [5, 5.41) is 21.6. The van der Waals surface area contributed by atoms with Crippen LogP contribution in [0.4, 0.5) is 5.69 Å². The number of hydrogen-bond acceptors (Lipinski definition) is 6. The molecule has 1 aliphatic heterocycles. The molecule has 4 rings (SSSR count). The monoisotopic (exact) mass is 333 g/mol. The van der Waals surface area contributed by atoms with Crippen molar-refractivity contribution in [2.75, 3.05) is 31.1 Å². The maximum atomic E-state index is 9.02. The number of benzene rings is 1. The highest BCUT2D eigenvalue weighted by molar-refractivity contribution is 5.54. The fourth-order valence-electron chi connectivity index (χ4n) is 3.23. The summed E-state index contributed by atoms with van der Waals surface area (Å²) in [5.74, 6) is 0.797. The molecule has 2 aromatic heterocycles. The Morgan fingerprint density at radius 1 is 1.12 bits per heavy atom. The van der Waals surface area contributed by atoms with Gasteiger partial charge >= 0.3 is 0 Å². The zero-order valence-electron chi connectivity index (χ0n) is 14.1. The minimum Gasteiger partial charge on any atom is -0.368 e. The molecule has 1 aromatic carbocycles. The van der Waals surface area contributed by atoms with Crippen LogP contribution < -0.4 is 4.90 Å². The number of piperazine rings is 1. The van der Waals surface area contributed by atoms with Crippen LogP contribution >= 0.6 is 0 Å². The van der Waals surface area contributed by atoms with Gasteiger partial charge in [-0.2, -0.15) is 14.9 Å². The van der Waals surface area contributed by atoms with E-state index in [4.69, 9.17) is 5.26 Å². The number of rotatable bonds is 3. The fraction of sp³-hybridized carbons (Fsp3) is 0.333. The number of hydrogen-bond donors (Lipinski definition) is 0. The zero-order valence-corrected chi connectivity index (χ0v) is 14.1. The van der Waals surface area contributed by atoms with Gasteiger partial charge in [-0.25, -0.2) is 0 Å². The molecule has 1 aliphatic rings. The van der Waals surface area contributed by atoms with Gasteiger partial charge < -0.3 is 4.90 Å². The maximum Gasteiger partial charge on any atom is 0.179 e. The minimum atomic E-state index is 0.721. The van der Waals surface area contributed by atoms with Gasteiger partial charge in [0.25, 0.3) is 0 Å². The van der Waals surface area contributed by atoms with Crippen LogP contribution in [0.5, 0.6) is 0 Å². The van der Waals surface area contributed by atoms with E-state index in [9.17, 15) is 0 Å². The minimum absolute atomic E-state index is 0.721. The van der Waals surface area contributed by atoms with Crippen molar-refractivity contribution in [1.29, 1.82) is 5.26 Å². The molecule has 1 fully saturated rings. The third-order valence-corrected chi connectivity index (χ3v) is 4.60. The predicted octanol–water partition coefficient (Wildman–Crippen LogP) is 1.63.